The van der Waals surface area contributed by atoms with Crippen molar-refractivity contribution in [3.63, 3.8) is 0 Å². The monoisotopic (exact) mass is 425 g/mol. The fourth-order valence-electron chi connectivity index (χ4n) is 3.41. The van der Waals surface area contributed by atoms with Crippen LogP contribution in [-0.4, -0.2) is 27.8 Å². The van der Waals surface area contributed by atoms with Crippen molar-refractivity contribution in [1.82, 2.24) is 9.78 Å². The molecule has 160 valence electrons. The first-order valence-corrected chi connectivity index (χ1v) is 10.3. The summed E-state index contributed by atoms with van der Waals surface area (Å²) in [4.78, 5) is 25.5. The standard InChI is InChI=1S/C26H23N3O3/c1-18-23(17-27-29(18)21-13-7-4-8-14-21)26(31)32-19(2)25(30)28-24-16-10-9-15-22(24)20-11-5-3-6-12-20/h3-17,19H,1-2H3,(H,28,30). The molecule has 0 bridgehead atoms. The maximum atomic E-state index is 12.8. The molecule has 0 saturated heterocycles. The van der Waals surface area contributed by atoms with Crippen LogP contribution in [0, 0.1) is 6.92 Å². The molecule has 1 amide bonds. The van der Waals surface area contributed by atoms with Gasteiger partial charge in [-0.25, -0.2) is 9.48 Å². The van der Waals surface area contributed by atoms with Crippen molar-refractivity contribution in [3.8, 4) is 16.8 Å². The quantitative estimate of drug-likeness (QED) is 0.440. The van der Waals surface area contributed by atoms with E-state index in [1.165, 1.54) is 6.20 Å². The van der Waals surface area contributed by atoms with E-state index in [0.29, 0.717) is 16.9 Å². The number of nitrogens with one attached hydrogen (secondary N) is 1. The van der Waals surface area contributed by atoms with Crippen molar-refractivity contribution in [2.45, 2.75) is 20.0 Å². The number of aromatic nitrogens is 2. The molecule has 6 nitrogen and oxygen atoms in total. The van der Waals surface area contributed by atoms with E-state index in [1.807, 2.05) is 84.9 Å². The minimum absolute atomic E-state index is 0.318. The number of para-hydroxylation sites is 2. The lowest BCUT2D eigenvalue weighted by Gasteiger charge is -2.16. The Morgan fingerprint density at radius 3 is 2.25 bits per heavy atom. The highest BCUT2D eigenvalue weighted by molar-refractivity contribution is 6.00. The molecule has 32 heavy (non-hydrogen) atoms. The van der Waals surface area contributed by atoms with E-state index in [1.54, 1.807) is 18.5 Å². The third-order valence-electron chi connectivity index (χ3n) is 5.15. The number of rotatable bonds is 6. The third kappa shape index (κ3) is 4.44. The highest BCUT2D eigenvalue weighted by Crippen LogP contribution is 2.27. The molecule has 1 atom stereocenters. The normalized spacial score (nSPS) is 11.6. The van der Waals surface area contributed by atoms with Gasteiger partial charge in [0.05, 0.1) is 17.6 Å². The summed E-state index contributed by atoms with van der Waals surface area (Å²) in [6.07, 6.45) is 0.478. The lowest BCUT2D eigenvalue weighted by molar-refractivity contribution is -0.123. The molecular formula is C26H23N3O3. The van der Waals surface area contributed by atoms with Crippen LogP contribution in [0.4, 0.5) is 5.69 Å². The predicted molar refractivity (Wildman–Crippen MR) is 124 cm³/mol. The van der Waals surface area contributed by atoms with Crippen molar-refractivity contribution in [3.05, 3.63) is 102 Å². The number of anilines is 1. The van der Waals surface area contributed by atoms with Crippen molar-refractivity contribution in [2.75, 3.05) is 5.32 Å². The summed E-state index contributed by atoms with van der Waals surface area (Å²) >= 11 is 0. The Labute approximate surface area is 186 Å². The average Bonchev–Trinajstić information content (AvgIpc) is 3.22. The molecule has 0 aliphatic rings. The molecule has 1 heterocycles. The van der Waals surface area contributed by atoms with Gasteiger partial charge in [0.2, 0.25) is 0 Å². The molecule has 4 aromatic rings. The first kappa shape index (κ1) is 21.1. The van der Waals surface area contributed by atoms with Crippen LogP contribution in [0.2, 0.25) is 0 Å². The van der Waals surface area contributed by atoms with Crippen molar-refractivity contribution < 1.29 is 14.3 Å². The number of ether oxygens (including phenoxy) is 1. The number of carbonyl (C=O) groups excluding carboxylic acids is 2. The predicted octanol–water partition coefficient (Wildman–Crippen LogP) is 5.03. The maximum absolute atomic E-state index is 12.8. The van der Waals surface area contributed by atoms with Gasteiger partial charge in [-0.05, 0) is 37.6 Å². The van der Waals surface area contributed by atoms with Crippen molar-refractivity contribution in [1.29, 1.82) is 0 Å². The molecule has 0 radical (unpaired) electrons. The molecule has 1 aromatic heterocycles. The van der Waals surface area contributed by atoms with Gasteiger partial charge in [0.25, 0.3) is 5.91 Å². The smallest absolute Gasteiger partial charge is 0.342 e. The van der Waals surface area contributed by atoms with Gasteiger partial charge < -0.3 is 10.1 Å². The summed E-state index contributed by atoms with van der Waals surface area (Å²) in [6.45, 7) is 3.34. The number of hydrogen-bond acceptors (Lipinski definition) is 4. The molecule has 0 saturated carbocycles. The number of carbonyl (C=O) groups is 2. The first-order chi connectivity index (χ1) is 15.5. The van der Waals surface area contributed by atoms with E-state index in [-0.39, 0.29) is 0 Å². The maximum Gasteiger partial charge on any atom is 0.342 e. The van der Waals surface area contributed by atoms with Gasteiger partial charge in [-0.2, -0.15) is 5.10 Å². The molecule has 1 N–H and O–H groups in total. The lowest BCUT2D eigenvalue weighted by Crippen LogP contribution is -2.30. The van der Waals surface area contributed by atoms with Gasteiger partial charge in [0.15, 0.2) is 6.10 Å². The highest BCUT2D eigenvalue weighted by Gasteiger charge is 2.23. The first-order valence-electron chi connectivity index (χ1n) is 10.3. The molecule has 1 unspecified atom stereocenters. The number of benzene rings is 3. The molecule has 0 aliphatic carbocycles. The minimum atomic E-state index is -0.981. The Morgan fingerprint density at radius 1 is 0.906 bits per heavy atom. The van der Waals surface area contributed by atoms with E-state index >= 15 is 0 Å². The van der Waals surface area contributed by atoms with E-state index < -0.39 is 18.0 Å². The van der Waals surface area contributed by atoms with Gasteiger partial charge in [0, 0.05) is 11.3 Å². The summed E-state index contributed by atoms with van der Waals surface area (Å²) in [7, 11) is 0. The molecule has 3 aromatic carbocycles. The number of hydrogen-bond donors (Lipinski definition) is 1. The number of nitrogens with zero attached hydrogens (tertiary/aromatic N) is 2. The van der Waals surface area contributed by atoms with E-state index in [2.05, 4.69) is 10.4 Å². The topological polar surface area (TPSA) is 73.2 Å². The van der Waals surface area contributed by atoms with Gasteiger partial charge in [-0.3, -0.25) is 4.79 Å². The van der Waals surface area contributed by atoms with Crippen LogP contribution in [0.1, 0.15) is 23.0 Å². The summed E-state index contributed by atoms with van der Waals surface area (Å²) < 4.78 is 7.11. The Balaban J connectivity index is 1.46. The SMILES string of the molecule is Cc1c(C(=O)OC(C)C(=O)Nc2ccccc2-c2ccccc2)cnn1-c1ccccc1. The fraction of sp³-hybridized carbons (Fsp3) is 0.115. The summed E-state index contributed by atoms with van der Waals surface area (Å²) in [5.74, 6) is -1.00. The Hall–Kier alpha value is -4.19. The van der Waals surface area contributed by atoms with Crippen LogP contribution in [-0.2, 0) is 9.53 Å². The number of amides is 1. The third-order valence-corrected chi connectivity index (χ3v) is 5.15. The van der Waals surface area contributed by atoms with E-state index in [4.69, 9.17) is 4.74 Å². The summed E-state index contributed by atoms with van der Waals surface area (Å²) in [5, 5.41) is 7.16. The van der Waals surface area contributed by atoms with Gasteiger partial charge in [-0.15, -0.1) is 0 Å². The zero-order valence-corrected chi connectivity index (χ0v) is 17.9. The summed E-state index contributed by atoms with van der Waals surface area (Å²) in [5.41, 5.74) is 4.32. The zero-order chi connectivity index (χ0) is 22.5. The second-order valence-corrected chi connectivity index (χ2v) is 7.34. The fourth-order valence-corrected chi connectivity index (χ4v) is 3.41. The minimum Gasteiger partial charge on any atom is -0.449 e. The molecule has 0 spiro atoms. The van der Waals surface area contributed by atoms with E-state index in [0.717, 1.165) is 16.8 Å². The second kappa shape index (κ2) is 9.31. The van der Waals surface area contributed by atoms with Crippen LogP contribution in [0.15, 0.2) is 91.1 Å². The van der Waals surface area contributed by atoms with Crippen LogP contribution >= 0.6 is 0 Å². The highest BCUT2D eigenvalue weighted by atomic mass is 16.5. The van der Waals surface area contributed by atoms with Crippen LogP contribution in [0.5, 0.6) is 0 Å². The summed E-state index contributed by atoms with van der Waals surface area (Å²) in [6, 6.07) is 26.8. The molecule has 0 aliphatic heterocycles. The van der Waals surface area contributed by atoms with Gasteiger partial charge in [0.1, 0.15) is 5.56 Å². The van der Waals surface area contributed by atoms with Crippen LogP contribution in [0.3, 0.4) is 0 Å². The van der Waals surface area contributed by atoms with E-state index in [9.17, 15) is 9.59 Å². The number of esters is 1. The Morgan fingerprint density at radius 2 is 1.53 bits per heavy atom. The lowest BCUT2D eigenvalue weighted by atomic mass is 10.0. The second-order valence-electron chi connectivity index (χ2n) is 7.34. The van der Waals surface area contributed by atoms with Crippen molar-refractivity contribution >= 4 is 17.6 Å². The van der Waals surface area contributed by atoms with Crippen LogP contribution in [0.25, 0.3) is 16.8 Å². The van der Waals surface area contributed by atoms with Crippen LogP contribution < -0.4 is 5.32 Å². The molecule has 0 fully saturated rings. The average molecular weight is 425 g/mol. The Kier molecular flexibility index (Phi) is 6.12. The molecule has 4 rings (SSSR count). The molecule has 6 heteroatoms. The molecular weight excluding hydrogens is 402 g/mol. The van der Waals surface area contributed by atoms with Gasteiger partial charge >= 0.3 is 5.97 Å². The van der Waals surface area contributed by atoms with Crippen molar-refractivity contribution in [2.24, 2.45) is 0 Å². The largest absolute Gasteiger partial charge is 0.449 e. The van der Waals surface area contributed by atoms with Gasteiger partial charge in [-0.1, -0.05) is 66.7 Å². The Bertz CT molecular complexity index is 1230. The zero-order valence-electron chi connectivity index (χ0n) is 17.9.